The number of halogens is 1. The molecule has 0 aliphatic carbocycles. The Morgan fingerprint density at radius 3 is 2.68 bits per heavy atom. The first-order valence-corrected chi connectivity index (χ1v) is 13.4. The predicted octanol–water partition coefficient (Wildman–Crippen LogP) is 3.22. The fraction of sp³-hybridized carbons (Fsp3) is 0.640. The Kier molecular flexibility index (Phi) is 7.23. The summed E-state index contributed by atoms with van der Waals surface area (Å²) in [5, 5.41) is 16.7. The van der Waals surface area contributed by atoms with E-state index in [-0.39, 0.29) is 35.5 Å². The standard InChI is InChI=1S/C25H34ClN3O4S/c1-5-11-27-22(31)18-17-9-10-25(34-17)19(18)24(33)29(16(12-30)13(2)3)21(25)23(32)28-20-14(4)7-6-8-15(20)26/h6-8,13,16-19,21,30H,5,9-12H2,1-4H3,(H,27,31)(H,28,32)/t16-,17-,18+,19-,21?,25?/m0/s1. The molecule has 3 aliphatic rings. The third-order valence-corrected chi connectivity index (χ3v) is 9.89. The van der Waals surface area contributed by atoms with Crippen molar-refractivity contribution in [2.24, 2.45) is 17.8 Å². The molecular formula is C25H34ClN3O4S. The molecule has 3 fully saturated rings. The Morgan fingerprint density at radius 1 is 1.32 bits per heavy atom. The normalized spacial score (nSPS) is 30.6. The average Bonchev–Trinajstić information content (AvgIpc) is 3.43. The Bertz CT molecular complexity index is 969. The molecule has 1 aromatic carbocycles. The van der Waals surface area contributed by atoms with Gasteiger partial charge < -0.3 is 20.6 Å². The number of anilines is 1. The Labute approximate surface area is 210 Å². The van der Waals surface area contributed by atoms with Gasteiger partial charge in [-0.2, -0.15) is 0 Å². The molecule has 34 heavy (non-hydrogen) atoms. The number of rotatable bonds is 8. The summed E-state index contributed by atoms with van der Waals surface area (Å²) in [6, 6.07) is 4.10. The number of para-hydroxylation sites is 1. The van der Waals surface area contributed by atoms with Gasteiger partial charge in [-0.15, -0.1) is 11.8 Å². The van der Waals surface area contributed by atoms with Crippen LogP contribution in [0.4, 0.5) is 5.69 Å². The molecule has 9 heteroatoms. The minimum Gasteiger partial charge on any atom is -0.394 e. The lowest BCUT2D eigenvalue weighted by molar-refractivity contribution is -0.142. The lowest BCUT2D eigenvalue weighted by atomic mass is 9.70. The molecule has 7 nitrogen and oxygen atoms in total. The molecule has 0 saturated carbocycles. The molecule has 2 unspecified atom stereocenters. The highest BCUT2D eigenvalue weighted by Crippen LogP contribution is 2.66. The number of aliphatic hydroxyl groups is 1. The molecule has 186 valence electrons. The van der Waals surface area contributed by atoms with Gasteiger partial charge in [0.15, 0.2) is 0 Å². The Morgan fingerprint density at radius 2 is 2.06 bits per heavy atom. The quantitative estimate of drug-likeness (QED) is 0.502. The second-order valence-corrected chi connectivity index (χ2v) is 12.0. The van der Waals surface area contributed by atoms with Gasteiger partial charge in [0.2, 0.25) is 17.7 Å². The maximum atomic E-state index is 14.0. The highest BCUT2D eigenvalue weighted by molar-refractivity contribution is 8.02. The Balaban J connectivity index is 1.76. The van der Waals surface area contributed by atoms with Crippen molar-refractivity contribution in [3.8, 4) is 0 Å². The molecule has 2 bridgehead atoms. The molecule has 3 heterocycles. The summed E-state index contributed by atoms with van der Waals surface area (Å²) < 4.78 is -0.697. The lowest BCUT2D eigenvalue weighted by Crippen LogP contribution is -2.56. The second kappa shape index (κ2) is 9.70. The van der Waals surface area contributed by atoms with Gasteiger partial charge in [-0.3, -0.25) is 14.4 Å². The molecule has 4 rings (SSSR count). The van der Waals surface area contributed by atoms with E-state index in [4.69, 9.17) is 11.6 Å². The minimum absolute atomic E-state index is 0.0110. The van der Waals surface area contributed by atoms with Gasteiger partial charge in [0, 0.05) is 11.8 Å². The third-order valence-electron chi connectivity index (χ3n) is 7.62. The number of likely N-dealkylation sites (tertiary alicyclic amines) is 1. The van der Waals surface area contributed by atoms with Gasteiger partial charge in [0.25, 0.3) is 0 Å². The van der Waals surface area contributed by atoms with Gasteiger partial charge in [-0.25, -0.2) is 0 Å². The zero-order valence-electron chi connectivity index (χ0n) is 20.1. The van der Waals surface area contributed by atoms with E-state index in [9.17, 15) is 19.5 Å². The fourth-order valence-corrected chi connectivity index (χ4v) is 8.49. The van der Waals surface area contributed by atoms with Crippen LogP contribution in [0.15, 0.2) is 18.2 Å². The van der Waals surface area contributed by atoms with Crippen LogP contribution in [0.25, 0.3) is 0 Å². The molecule has 3 saturated heterocycles. The number of fused-ring (bicyclic) bond motifs is 1. The van der Waals surface area contributed by atoms with Gasteiger partial charge in [0.05, 0.1) is 39.9 Å². The van der Waals surface area contributed by atoms with Crippen LogP contribution in [-0.2, 0) is 14.4 Å². The van der Waals surface area contributed by atoms with E-state index in [0.717, 1.165) is 18.4 Å². The SMILES string of the molecule is CCCNC(=O)[C@@H]1[C@@H]2CCC3(S2)C(C(=O)Nc2c(C)cccc2Cl)N([C@@H](CO)C(C)C)C(=O)[C@H]13. The first-order valence-electron chi connectivity index (χ1n) is 12.1. The number of aliphatic hydroxyl groups excluding tert-OH is 1. The number of hydrogen-bond acceptors (Lipinski definition) is 5. The molecule has 3 aliphatic heterocycles. The van der Waals surface area contributed by atoms with E-state index < -0.39 is 28.7 Å². The highest BCUT2D eigenvalue weighted by Gasteiger charge is 2.74. The van der Waals surface area contributed by atoms with Gasteiger partial charge >= 0.3 is 0 Å². The third kappa shape index (κ3) is 3.91. The van der Waals surface area contributed by atoms with E-state index in [2.05, 4.69) is 10.6 Å². The van der Waals surface area contributed by atoms with Gasteiger partial charge in [-0.1, -0.05) is 44.5 Å². The molecule has 0 aromatic heterocycles. The van der Waals surface area contributed by atoms with Crippen LogP contribution in [0.5, 0.6) is 0 Å². The monoisotopic (exact) mass is 507 g/mol. The molecule has 1 aromatic rings. The maximum Gasteiger partial charge on any atom is 0.248 e. The summed E-state index contributed by atoms with van der Waals surface area (Å²) in [5.41, 5.74) is 1.36. The summed E-state index contributed by atoms with van der Waals surface area (Å²) in [7, 11) is 0. The number of nitrogens with zero attached hydrogens (tertiary/aromatic N) is 1. The smallest absolute Gasteiger partial charge is 0.248 e. The molecule has 3 amide bonds. The number of benzene rings is 1. The van der Waals surface area contributed by atoms with E-state index in [1.165, 1.54) is 0 Å². The summed E-state index contributed by atoms with van der Waals surface area (Å²) in [6.07, 6.45) is 2.28. The van der Waals surface area contributed by atoms with Crippen LogP contribution in [0, 0.1) is 24.7 Å². The van der Waals surface area contributed by atoms with E-state index in [1.54, 1.807) is 22.7 Å². The van der Waals surface area contributed by atoms with Crippen LogP contribution in [0.1, 0.15) is 45.6 Å². The summed E-state index contributed by atoms with van der Waals surface area (Å²) in [4.78, 5) is 42.7. The molecule has 3 N–H and O–H groups in total. The molecular weight excluding hydrogens is 474 g/mol. The van der Waals surface area contributed by atoms with Crippen LogP contribution < -0.4 is 10.6 Å². The maximum absolute atomic E-state index is 14.0. The fourth-order valence-electron chi connectivity index (χ4n) is 6.02. The van der Waals surface area contributed by atoms with Crippen molar-refractivity contribution in [3.05, 3.63) is 28.8 Å². The van der Waals surface area contributed by atoms with Crippen molar-refractivity contribution in [1.82, 2.24) is 10.2 Å². The van der Waals surface area contributed by atoms with Crippen LogP contribution in [0.2, 0.25) is 5.02 Å². The number of carbonyl (C=O) groups excluding carboxylic acids is 3. The zero-order valence-corrected chi connectivity index (χ0v) is 21.7. The van der Waals surface area contributed by atoms with Crippen LogP contribution >= 0.6 is 23.4 Å². The first kappa shape index (κ1) is 25.3. The topological polar surface area (TPSA) is 98.7 Å². The molecule has 1 spiro atoms. The van der Waals surface area contributed by atoms with Crippen molar-refractivity contribution in [2.75, 3.05) is 18.5 Å². The van der Waals surface area contributed by atoms with Crippen molar-refractivity contribution >= 4 is 46.8 Å². The van der Waals surface area contributed by atoms with Gasteiger partial charge in [0.1, 0.15) is 6.04 Å². The summed E-state index contributed by atoms with van der Waals surface area (Å²) in [6.45, 7) is 8.04. The van der Waals surface area contributed by atoms with Gasteiger partial charge in [-0.05, 0) is 43.7 Å². The average molecular weight is 508 g/mol. The number of amides is 3. The number of carbonyl (C=O) groups is 3. The second-order valence-electron chi connectivity index (χ2n) is 10.0. The Hall–Kier alpha value is -1.77. The van der Waals surface area contributed by atoms with Crippen molar-refractivity contribution in [2.45, 2.75) is 69.0 Å². The first-order chi connectivity index (χ1) is 16.2. The lowest BCUT2D eigenvalue weighted by Gasteiger charge is -2.38. The zero-order chi connectivity index (χ0) is 24.8. The minimum atomic E-state index is -0.792. The summed E-state index contributed by atoms with van der Waals surface area (Å²) in [5.74, 6) is -1.72. The van der Waals surface area contributed by atoms with Crippen molar-refractivity contribution < 1.29 is 19.5 Å². The van der Waals surface area contributed by atoms with Crippen molar-refractivity contribution in [1.29, 1.82) is 0 Å². The van der Waals surface area contributed by atoms with Crippen LogP contribution in [0.3, 0.4) is 0 Å². The number of thioether (sulfide) groups is 1. The van der Waals surface area contributed by atoms with E-state index in [0.29, 0.717) is 23.7 Å². The number of aryl methyl sites for hydroxylation is 1. The summed E-state index contributed by atoms with van der Waals surface area (Å²) >= 11 is 8.02. The van der Waals surface area contributed by atoms with Crippen LogP contribution in [-0.4, -0.2) is 63.0 Å². The largest absolute Gasteiger partial charge is 0.394 e. The number of nitrogens with one attached hydrogen (secondary N) is 2. The molecule has 0 radical (unpaired) electrons. The van der Waals surface area contributed by atoms with E-state index in [1.807, 2.05) is 39.8 Å². The van der Waals surface area contributed by atoms with Crippen molar-refractivity contribution in [3.63, 3.8) is 0 Å². The molecule has 6 atom stereocenters. The van der Waals surface area contributed by atoms with E-state index >= 15 is 0 Å². The highest BCUT2D eigenvalue weighted by atomic mass is 35.5. The predicted molar refractivity (Wildman–Crippen MR) is 135 cm³/mol. The number of hydrogen-bond donors (Lipinski definition) is 3.